The molecule has 0 amide bonds. The number of hydrogen-bond acceptors (Lipinski definition) is 4. The Balaban J connectivity index is 2.13. The van der Waals surface area contributed by atoms with E-state index in [4.69, 9.17) is 5.11 Å². The predicted molar refractivity (Wildman–Crippen MR) is 74.9 cm³/mol. The van der Waals surface area contributed by atoms with Gasteiger partial charge in [0.05, 0.1) is 5.57 Å². The highest BCUT2D eigenvalue weighted by atomic mass is 32.2. The zero-order chi connectivity index (χ0) is 15.1. The summed E-state index contributed by atoms with van der Waals surface area (Å²) < 4.78 is 0. The van der Waals surface area contributed by atoms with E-state index in [1.54, 1.807) is 0 Å². The topological polar surface area (TPSA) is 91.7 Å². The van der Waals surface area contributed by atoms with Crippen LogP contribution < -0.4 is 0 Å². The molecule has 0 bridgehead atoms. The van der Waals surface area contributed by atoms with Gasteiger partial charge in [-0.25, -0.2) is 4.79 Å². The van der Waals surface area contributed by atoms with Crippen LogP contribution in [-0.4, -0.2) is 27.9 Å². The lowest BCUT2D eigenvalue weighted by atomic mass is 9.85. The first kappa shape index (κ1) is 13.6. The van der Waals surface area contributed by atoms with Gasteiger partial charge in [0, 0.05) is 21.8 Å². The molecule has 21 heavy (non-hydrogen) atoms. The van der Waals surface area contributed by atoms with Crippen LogP contribution in [0, 0.1) is 5.92 Å². The highest BCUT2D eigenvalue weighted by molar-refractivity contribution is 8.03. The Hall–Kier alpha value is -2.34. The molecule has 106 valence electrons. The number of carbonyl (C=O) groups excluding carboxylic acids is 1. The minimum atomic E-state index is -1.42. The molecule has 3 rings (SSSR count). The van der Waals surface area contributed by atoms with E-state index in [9.17, 15) is 19.5 Å². The quantitative estimate of drug-likeness (QED) is 0.811. The van der Waals surface area contributed by atoms with Crippen molar-refractivity contribution in [1.29, 1.82) is 0 Å². The van der Waals surface area contributed by atoms with E-state index in [1.165, 1.54) is 11.8 Å². The van der Waals surface area contributed by atoms with Gasteiger partial charge >= 0.3 is 11.9 Å². The zero-order valence-corrected chi connectivity index (χ0v) is 11.5. The second kappa shape index (κ2) is 4.89. The highest BCUT2D eigenvalue weighted by Gasteiger charge is 2.38. The van der Waals surface area contributed by atoms with Crippen molar-refractivity contribution in [3.63, 3.8) is 0 Å². The second-order valence-corrected chi connectivity index (χ2v) is 5.81. The van der Waals surface area contributed by atoms with E-state index in [1.807, 2.05) is 24.3 Å². The average Bonchev–Trinajstić information content (AvgIpc) is 2.45. The summed E-state index contributed by atoms with van der Waals surface area (Å²) in [7, 11) is 0. The number of carbonyl (C=O) groups is 3. The monoisotopic (exact) mass is 302 g/mol. The first-order chi connectivity index (χ1) is 9.99. The molecule has 1 atom stereocenters. The Morgan fingerprint density at radius 2 is 1.90 bits per heavy atom. The average molecular weight is 302 g/mol. The summed E-state index contributed by atoms with van der Waals surface area (Å²) in [4.78, 5) is 36.1. The van der Waals surface area contributed by atoms with E-state index in [-0.39, 0.29) is 17.6 Å². The van der Waals surface area contributed by atoms with E-state index in [2.05, 4.69) is 0 Å². The first-order valence-electron chi connectivity index (χ1n) is 6.20. The van der Waals surface area contributed by atoms with Gasteiger partial charge in [-0.1, -0.05) is 30.0 Å². The van der Waals surface area contributed by atoms with Gasteiger partial charge in [-0.05, 0) is 17.7 Å². The summed E-state index contributed by atoms with van der Waals surface area (Å²) in [6.07, 6.45) is 1.30. The lowest BCUT2D eigenvalue weighted by Gasteiger charge is -2.26. The minimum Gasteiger partial charge on any atom is -0.480 e. The lowest BCUT2D eigenvalue weighted by molar-refractivity contribution is -0.143. The van der Waals surface area contributed by atoms with Gasteiger partial charge in [0.15, 0.2) is 5.78 Å². The zero-order valence-electron chi connectivity index (χ0n) is 10.7. The fraction of sp³-hybridized carbons (Fsp3) is 0.133. The van der Waals surface area contributed by atoms with Gasteiger partial charge in [-0.3, -0.25) is 9.59 Å². The number of Topliss-reactive ketones (excluding diaryl/α,β-unsaturated/α-hetero) is 1. The third kappa shape index (κ3) is 2.17. The Kier molecular flexibility index (Phi) is 3.17. The van der Waals surface area contributed by atoms with Crippen LogP contribution in [0.15, 0.2) is 51.3 Å². The van der Waals surface area contributed by atoms with Gasteiger partial charge in [-0.15, -0.1) is 0 Å². The van der Waals surface area contributed by atoms with E-state index >= 15 is 0 Å². The number of fused-ring (bicyclic) bond motifs is 1. The summed E-state index contributed by atoms with van der Waals surface area (Å²) in [5.74, 6) is -4.48. The number of rotatable bonds is 2. The van der Waals surface area contributed by atoms with Crippen molar-refractivity contribution in [3.8, 4) is 0 Å². The minimum absolute atomic E-state index is 0.100. The molecule has 0 fully saturated rings. The number of benzene rings is 1. The molecule has 2 N–H and O–H groups in total. The molecule has 1 aromatic carbocycles. The van der Waals surface area contributed by atoms with Crippen LogP contribution in [0.3, 0.4) is 0 Å². The van der Waals surface area contributed by atoms with Crippen molar-refractivity contribution in [2.24, 2.45) is 5.92 Å². The third-order valence-electron chi connectivity index (χ3n) is 3.48. The molecule has 1 unspecified atom stereocenters. The molecule has 0 radical (unpaired) electrons. The van der Waals surface area contributed by atoms with Crippen molar-refractivity contribution in [1.82, 2.24) is 0 Å². The van der Waals surface area contributed by atoms with Gasteiger partial charge in [-0.2, -0.15) is 0 Å². The fourth-order valence-corrected chi connectivity index (χ4v) is 3.66. The number of hydrogen-bond donors (Lipinski definition) is 2. The van der Waals surface area contributed by atoms with Crippen molar-refractivity contribution in [2.75, 3.05) is 0 Å². The number of aliphatic carboxylic acids is 2. The predicted octanol–water partition coefficient (Wildman–Crippen LogP) is 1.88. The van der Waals surface area contributed by atoms with Crippen LogP contribution in [0.5, 0.6) is 0 Å². The maximum atomic E-state index is 12.3. The summed E-state index contributed by atoms with van der Waals surface area (Å²) in [5.41, 5.74) is 1.09. The van der Waals surface area contributed by atoms with Crippen LogP contribution in [0.25, 0.3) is 0 Å². The van der Waals surface area contributed by atoms with Gasteiger partial charge in [0.1, 0.15) is 5.92 Å². The van der Waals surface area contributed by atoms with E-state index in [0.717, 1.165) is 16.5 Å². The van der Waals surface area contributed by atoms with Gasteiger partial charge in [0.25, 0.3) is 0 Å². The molecule has 1 aliphatic heterocycles. The maximum absolute atomic E-state index is 12.3. The van der Waals surface area contributed by atoms with Crippen LogP contribution in [0.1, 0.15) is 5.56 Å². The molecule has 6 heteroatoms. The number of carboxylic acid groups (broad SMARTS) is 2. The highest BCUT2D eigenvalue weighted by Crippen LogP contribution is 2.45. The molecule has 0 spiro atoms. The Morgan fingerprint density at radius 1 is 1.19 bits per heavy atom. The standard InChI is InChI=1S/C15H10O5S/c16-12-8-5-7-3-1-2-4-11(7)21-13(8)10(15(19)20)6-9(12)14(17)18/h1-4,6,9H,5H2,(H,17,18)(H,19,20). The van der Waals surface area contributed by atoms with Crippen molar-refractivity contribution in [3.05, 3.63) is 52.0 Å². The molecule has 1 heterocycles. The summed E-state index contributed by atoms with van der Waals surface area (Å²) in [6.45, 7) is 0. The molecule has 0 saturated heterocycles. The molecule has 1 aliphatic carbocycles. The van der Waals surface area contributed by atoms with Crippen LogP contribution in [0.2, 0.25) is 0 Å². The van der Waals surface area contributed by atoms with Crippen LogP contribution >= 0.6 is 11.8 Å². The molecular weight excluding hydrogens is 292 g/mol. The Morgan fingerprint density at radius 3 is 2.57 bits per heavy atom. The molecule has 0 aromatic heterocycles. The largest absolute Gasteiger partial charge is 0.480 e. The number of thioether (sulfide) groups is 1. The second-order valence-electron chi connectivity index (χ2n) is 4.76. The van der Waals surface area contributed by atoms with Gasteiger partial charge < -0.3 is 10.2 Å². The summed E-state index contributed by atoms with van der Waals surface area (Å²) in [6, 6.07) is 7.39. The lowest BCUT2D eigenvalue weighted by Crippen LogP contribution is -2.31. The molecule has 0 saturated carbocycles. The number of allylic oxidation sites excluding steroid dienone is 1. The van der Waals surface area contributed by atoms with Crippen molar-refractivity contribution < 1.29 is 24.6 Å². The van der Waals surface area contributed by atoms with Crippen molar-refractivity contribution >= 4 is 29.5 Å². The SMILES string of the molecule is O=C(O)C1=CC(C(=O)O)C(=O)C2=C1Sc1ccccc1C2. The molecule has 5 nitrogen and oxygen atoms in total. The Bertz CT molecular complexity index is 744. The third-order valence-corrected chi connectivity index (χ3v) is 4.77. The van der Waals surface area contributed by atoms with Gasteiger partial charge in [0.2, 0.25) is 0 Å². The maximum Gasteiger partial charge on any atom is 0.336 e. The van der Waals surface area contributed by atoms with Crippen LogP contribution in [-0.2, 0) is 20.8 Å². The number of carboxylic acids is 2. The normalized spacial score (nSPS) is 20.5. The fourth-order valence-electron chi connectivity index (χ4n) is 2.47. The van der Waals surface area contributed by atoms with E-state index < -0.39 is 23.6 Å². The molecular formula is C15H10O5S. The first-order valence-corrected chi connectivity index (χ1v) is 7.02. The molecule has 1 aromatic rings. The molecule has 2 aliphatic rings. The number of ketones is 1. The van der Waals surface area contributed by atoms with Crippen molar-refractivity contribution in [2.45, 2.75) is 11.3 Å². The van der Waals surface area contributed by atoms with Crippen LogP contribution in [0.4, 0.5) is 0 Å². The Labute approximate surface area is 124 Å². The summed E-state index contributed by atoms with van der Waals surface area (Å²) in [5, 5.41) is 18.4. The van der Waals surface area contributed by atoms with E-state index in [0.29, 0.717) is 4.91 Å². The smallest absolute Gasteiger partial charge is 0.336 e. The summed E-state index contributed by atoms with van der Waals surface area (Å²) >= 11 is 1.21.